The Morgan fingerprint density at radius 2 is 1.78 bits per heavy atom. The molecule has 4 N–H and O–H groups in total. The summed E-state index contributed by atoms with van der Waals surface area (Å²) in [6.45, 7) is 0.198. The molecule has 0 aliphatic carbocycles. The minimum atomic E-state index is -0.935. The number of aliphatic carboxylic acids is 1. The fraction of sp³-hybridized carbons (Fsp3) is 0.211. The van der Waals surface area contributed by atoms with Crippen molar-refractivity contribution in [2.75, 3.05) is 19.0 Å². The number of hydrogen-bond donors (Lipinski definition) is 4. The van der Waals surface area contributed by atoms with Crippen LogP contribution in [0.15, 0.2) is 42.5 Å². The molecule has 0 aromatic heterocycles. The maximum Gasteiger partial charge on any atom is 0.303 e. The van der Waals surface area contributed by atoms with Crippen LogP contribution in [0.25, 0.3) is 0 Å². The number of benzene rings is 2. The lowest BCUT2D eigenvalue weighted by atomic mass is 10.1. The lowest BCUT2D eigenvalue weighted by Crippen LogP contribution is -2.26. The number of nitrogens with one attached hydrogen (secondary N) is 2. The third-order valence-electron chi connectivity index (χ3n) is 3.72. The monoisotopic (exact) mass is 372 g/mol. The topological polar surface area (TPSA) is 125 Å². The van der Waals surface area contributed by atoms with Crippen LogP contribution in [-0.4, -0.2) is 41.7 Å². The number of carbonyl (C=O) groups is 3. The van der Waals surface area contributed by atoms with Gasteiger partial charge in [0.1, 0.15) is 11.5 Å². The van der Waals surface area contributed by atoms with Crippen LogP contribution < -0.4 is 15.4 Å². The van der Waals surface area contributed by atoms with Gasteiger partial charge in [-0.1, -0.05) is 12.1 Å². The molecule has 0 atom stereocenters. The number of methoxy groups -OCH3 is 1. The summed E-state index contributed by atoms with van der Waals surface area (Å²) in [5.74, 6) is -1.79. The number of hydrogen-bond acceptors (Lipinski definition) is 5. The summed E-state index contributed by atoms with van der Waals surface area (Å²) in [7, 11) is 1.44. The van der Waals surface area contributed by atoms with Gasteiger partial charge in [-0.2, -0.15) is 0 Å². The Labute approximate surface area is 155 Å². The minimum Gasteiger partial charge on any atom is -0.507 e. The van der Waals surface area contributed by atoms with E-state index in [1.165, 1.54) is 31.4 Å². The molecule has 0 unspecified atom stereocenters. The number of ether oxygens (including phenoxy) is 1. The van der Waals surface area contributed by atoms with Gasteiger partial charge in [0.2, 0.25) is 0 Å². The molecule has 0 aliphatic rings. The predicted octanol–water partition coefficient (Wildman–Crippen LogP) is 2.25. The molecule has 0 aliphatic heterocycles. The van der Waals surface area contributed by atoms with Gasteiger partial charge in [0, 0.05) is 13.0 Å². The molecule has 2 amide bonds. The molecule has 2 aromatic carbocycles. The van der Waals surface area contributed by atoms with Crippen LogP contribution in [0.3, 0.4) is 0 Å². The average molecular weight is 372 g/mol. The van der Waals surface area contributed by atoms with E-state index in [0.717, 1.165) is 0 Å². The lowest BCUT2D eigenvalue weighted by molar-refractivity contribution is -0.137. The van der Waals surface area contributed by atoms with Crippen molar-refractivity contribution in [3.05, 3.63) is 53.6 Å². The Morgan fingerprint density at radius 1 is 1.04 bits per heavy atom. The maximum absolute atomic E-state index is 12.5. The quantitative estimate of drug-likeness (QED) is 0.527. The Bertz CT molecular complexity index is 850. The molecule has 0 bridgehead atoms. The van der Waals surface area contributed by atoms with Crippen LogP contribution >= 0.6 is 0 Å². The smallest absolute Gasteiger partial charge is 0.303 e. The SMILES string of the molecule is COc1ccc(O)c(C(=O)Nc2ccccc2C(=O)NCCCC(=O)O)c1. The number of carbonyl (C=O) groups excluding carboxylic acids is 2. The first-order valence-electron chi connectivity index (χ1n) is 8.19. The maximum atomic E-state index is 12.5. The average Bonchev–Trinajstić information content (AvgIpc) is 2.65. The second-order valence-electron chi connectivity index (χ2n) is 5.64. The molecule has 0 radical (unpaired) electrons. The molecule has 2 aromatic rings. The summed E-state index contributed by atoms with van der Waals surface area (Å²) in [6, 6.07) is 10.6. The minimum absolute atomic E-state index is 0.00557. The molecule has 0 saturated heterocycles. The molecule has 8 heteroatoms. The molecule has 142 valence electrons. The fourth-order valence-corrected chi connectivity index (χ4v) is 2.34. The lowest BCUT2D eigenvalue weighted by Gasteiger charge is -2.12. The van der Waals surface area contributed by atoms with Crippen LogP contribution in [0.2, 0.25) is 0 Å². The highest BCUT2D eigenvalue weighted by molar-refractivity contribution is 6.10. The van der Waals surface area contributed by atoms with E-state index in [-0.39, 0.29) is 35.5 Å². The molecule has 27 heavy (non-hydrogen) atoms. The first kappa shape index (κ1) is 19.8. The number of rotatable bonds is 8. The highest BCUT2D eigenvalue weighted by Gasteiger charge is 2.17. The fourth-order valence-electron chi connectivity index (χ4n) is 2.34. The van der Waals surface area contributed by atoms with Crippen molar-refractivity contribution in [3.8, 4) is 11.5 Å². The van der Waals surface area contributed by atoms with E-state index in [4.69, 9.17) is 9.84 Å². The van der Waals surface area contributed by atoms with Crippen LogP contribution in [0.4, 0.5) is 5.69 Å². The van der Waals surface area contributed by atoms with Crippen LogP contribution in [0.1, 0.15) is 33.6 Å². The van der Waals surface area contributed by atoms with Gasteiger partial charge in [0.15, 0.2) is 0 Å². The number of anilines is 1. The van der Waals surface area contributed by atoms with Gasteiger partial charge in [-0.05, 0) is 36.8 Å². The number of carboxylic acids is 1. The first-order chi connectivity index (χ1) is 12.9. The largest absolute Gasteiger partial charge is 0.507 e. The Balaban J connectivity index is 2.12. The van der Waals surface area contributed by atoms with Gasteiger partial charge in [0.25, 0.3) is 11.8 Å². The summed E-state index contributed by atoms with van der Waals surface area (Å²) >= 11 is 0. The summed E-state index contributed by atoms with van der Waals surface area (Å²) in [6.07, 6.45) is 0.251. The Kier molecular flexibility index (Phi) is 6.76. The van der Waals surface area contributed by atoms with E-state index >= 15 is 0 Å². The van der Waals surface area contributed by atoms with Gasteiger partial charge >= 0.3 is 5.97 Å². The van der Waals surface area contributed by atoms with Crippen molar-refractivity contribution in [1.82, 2.24) is 5.32 Å². The van der Waals surface area contributed by atoms with E-state index in [9.17, 15) is 19.5 Å². The molecular weight excluding hydrogens is 352 g/mol. The van der Waals surface area contributed by atoms with Crippen LogP contribution in [0.5, 0.6) is 11.5 Å². The second kappa shape index (κ2) is 9.23. The zero-order valence-corrected chi connectivity index (χ0v) is 14.7. The van der Waals surface area contributed by atoms with E-state index < -0.39 is 17.8 Å². The predicted molar refractivity (Wildman–Crippen MR) is 98.3 cm³/mol. The van der Waals surface area contributed by atoms with Crippen molar-refractivity contribution in [2.24, 2.45) is 0 Å². The van der Waals surface area contributed by atoms with Gasteiger partial charge in [-0.25, -0.2) is 0 Å². The van der Waals surface area contributed by atoms with Crippen LogP contribution in [0, 0.1) is 0 Å². The van der Waals surface area contributed by atoms with E-state index in [0.29, 0.717) is 12.2 Å². The number of carboxylic acid groups (broad SMARTS) is 1. The van der Waals surface area contributed by atoms with Gasteiger partial charge in [0.05, 0.1) is 23.9 Å². The van der Waals surface area contributed by atoms with Crippen molar-refractivity contribution in [3.63, 3.8) is 0 Å². The number of amides is 2. The Hall–Kier alpha value is -3.55. The van der Waals surface area contributed by atoms with Gasteiger partial charge in [-0.15, -0.1) is 0 Å². The van der Waals surface area contributed by atoms with Crippen molar-refractivity contribution in [2.45, 2.75) is 12.8 Å². The molecule has 0 fully saturated rings. The van der Waals surface area contributed by atoms with E-state index in [1.54, 1.807) is 18.2 Å². The summed E-state index contributed by atoms with van der Waals surface area (Å²) in [5, 5.41) is 23.7. The standard InChI is InChI=1S/C19H20N2O6/c1-27-12-8-9-16(22)14(11-12)19(26)21-15-6-3-2-5-13(15)18(25)20-10-4-7-17(23)24/h2-3,5-6,8-9,11,22H,4,7,10H2,1H3,(H,20,25)(H,21,26)(H,23,24). The summed E-state index contributed by atoms with van der Waals surface area (Å²) in [4.78, 5) is 35.3. The highest BCUT2D eigenvalue weighted by atomic mass is 16.5. The Morgan fingerprint density at radius 3 is 2.48 bits per heavy atom. The van der Waals surface area contributed by atoms with Crippen molar-refractivity contribution < 1.29 is 29.3 Å². The normalized spacial score (nSPS) is 10.1. The first-order valence-corrected chi connectivity index (χ1v) is 8.19. The van der Waals surface area contributed by atoms with Crippen molar-refractivity contribution in [1.29, 1.82) is 0 Å². The van der Waals surface area contributed by atoms with Crippen LogP contribution in [-0.2, 0) is 4.79 Å². The van der Waals surface area contributed by atoms with Gasteiger partial charge < -0.3 is 25.6 Å². The third-order valence-corrected chi connectivity index (χ3v) is 3.72. The molecule has 2 rings (SSSR count). The zero-order chi connectivity index (χ0) is 19.8. The van der Waals surface area contributed by atoms with Gasteiger partial charge in [-0.3, -0.25) is 14.4 Å². The summed E-state index contributed by atoms with van der Waals surface area (Å²) < 4.78 is 5.05. The summed E-state index contributed by atoms with van der Waals surface area (Å²) in [5.41, 5.74) is 0.495. The molecule has 0 spiro atoms. The molecule has 0 saturated carbocycles. The molecular formula is C19H20N2O6. The van der Waals surface area contributed by atoms with Crippen molar-refractivity contribution >= 4 is 23.5 Å². The second-order valence-corrected chi connectivity index (χ2v) is 5.64. The number of phenolic OH excluding ortho intramolecular Hbond substituents is 1. The zero-order valence-electron chi connectivity index (χ0n) is 14.7. The van der Waals surface area contributed by atoms with E-state index in [2.05, 4.69) is 10.6 Å². The number of aromatic hydroxyl groups is 1. The molecule has 0 heterocycles. The third kappa shape index (κ3) is 5.46. The van der Waals surface area contributed by atoms with E-state index in [1.807, 2.05) is 0 Å². The number of phenols is 1. The highest BCUT2D eigenvalue weighted by Crippen LogP contribution is 2.24. The number of para-hydroxylation sites is 1. The molecule has 8 nitrogen and oxygen atoms in total.